The molecule has 2 heterocycles. The van der Waals surface area contributed by atoms with E-state index >= 15 is 0 Å². The lowest BCUT2D eigenvalue weighted by atomic mass is 9.63. The van der Waals surface area contributed by atoms with Crippen molar-refractivity contribution in [1.29, 1.82) is 0 Å². The molecule has 0 unspecified atom stereocenters. The number of aliphatic hydroxyl groups is 1. The fourth-order valence-electron chi connectivity index (χ4n) is 2.19. The van der Waals surface area contributed by atoms with Crippen LogP contribution in [0.1, 0.15) is 12.8 Å². The molecular weight excluding hydrogens is 130 g/mol. The zero-order valence-corrected chi connectivity index (χ0v) is 5.97. The number of nitrogens with two attached hydrogens (primary N) is 1. The first-order chi connectivity index (χ1) is 4.74. The van der Waals surface area contributed by atoms with Gasteiger partial charge in [-0.2, -0.15) is 0 Å². The molecule has 3 nitrogen and oxygen atoms in total. The van der Waals surface area contributed by atoms with Crippen LogP contribution in [-0.4, -0.2) is 30.5 Å². The number of rotatable bonds is 2. The van der Waals surface area contributed by atoms with Crippen molar-refractivity contribution in [3.05, 3.63) is 0 Å². The molecule has 0 atom stereocenters. The molecule has 1 saturated carbocycles. The van der Waals surface area contributed by atoms with Crippen LogP contribution in [0.3, 0.4) is 0 Å². The molecule has 2 bridgehead atoms. The van der Waals surface area contributed by atoms with Crippen LogP contribution in [0, 0.1) is 5.41 Å². The van der Waals surface area contributed by atoms with E-state index in [2.05, 4.69) is 0 Å². The summed E-state index contributed by atoms with van der Waals surface area (Å²) in [5.74, 6) is 0. The first kappa shape index (κ1) is 6.58. The molecule has 3 N–H and O–H groups in total. The molecule has 0 radical (unpaired) electrons. The minimum Gasteiger partial charge on any atom is -0.396 e. The van der Waals surface area contributed by atoms with Crippen LogP contribution < -0.4 is 5.73 Å². The number of hydrogen-bond acceptors (Lipinski definition) is 3. The van der Waals surface area contributed by atoms with E-state index in [0.717, 1.165) is 12.8 Å². The van der Waals surface area contributed by atoms with Crippen LogP contribution in [0.15, 0.2) is 0 Å². The van der Waals surface area contributed by atoms with Gasteiger partial charge in [-0.15, -0.1) is 0 Å². The minimum absolute atomic E-state index is 0.0390. The molecule has 2 aliphatic heterocycles. The lowest BCUT2D eigenvalue weighted by Crippen LogP contribution is -2.50. The van der Waals surface area contributed by atoms with Gasteiger partial charge in [-0.25, -0.2) is 0 Å². The fraction of sp³-hybridized carbons (Fsp3) is 1.00. The Morgan fingerprint density at radius 1 is 1.50 bits per heavy atom. The summed E-state index contributed by atoms with van der Waals surface area (Å²) in [7, 11) is 0. The third kappa shape index (κ3) is 0.603. The van der Waals surface area contributed by atoms with E-state index in [1.807, 2.05) is 0 Å². The van der Waals surface area contributed by atoms with Crippen LogP contribution in [0.25, 0.3) is 0 Å². The summed E-state index contributed by atoms with van der Waals surface area (Å²) in [5.41, 5.74) is 5.57. The van der Waals surface area contributed by atoms with Crippen LogP contribution >= 0.6 is 0 Å². The van der Waals surface area contributed by atoms with Gasteiger partial charge >= 0.3 is 0 Å². The van der Waals surface area contributed by atoms with Crippen molar-refractivity contribution in [3.63, 3.8) is 0 Å². The number of ether oxygens (including phenoxy) is 1. The molecule has 3 aliphatic rings. The van der Waals surface area contributed by atoms with Crippen LogP contribution in [-0.2, 0) is 4.74 Å². The maximum Gasteiger partial charge on any atom is 0.0818 e. The van der Waals surface area contributed by atoms with E-state index in [-0.39, 0.29) is 17.6 Å². The molecule has 0 aromatic heterocycles. The molecule has 0 aromatic carbocycles. The average molecular weight is 143 g/mol. The quantitative estimate of drug-likeness (QED) is 0.547. The van der Waals surface area contributed by atoms with Gasteiger partial charge in [0.05, 0.1) is 18.8 Å². The number of fused-ring (bicyclic) bond motifs is 1. The maximum atomic E-state index is 8.95. The normalized spacial score (nSPS) is 51.0. The Morgan fingerprint density at radius 3 is 2.50 bits per heavy atom. The van der Waals surface area contributed by atoms with E-state index in [9.17, 15) is 0 Å². The topological polar surface area (TPSA) is 55.5 Å². The van der Waals surface area contributed by atoms with Crippen molar-refractivity contribution >= 4 is 0 Å². The lowest BCUT2D eigenvalue weighted by Gasteiger charge is -2.42. The second-order valence-electron chi connectivity index (χ2n) is 3.69. The van der Waals surface area contributed by atoms with Gasteiger partial charge in [-0.05, 0) is 12.8 Å². The third-order valence-electron chi connectivity index (χ3n) is 2.79. The molecule has 2 saturated heterocycles. The predicted molar refractivity (Wildman–Crippen MR) is 36.5 cm³/mol. The van der Waals surface area contributed by atoms with Gasteiger partial charge in [0, 0.05) is 12.0 Å². The Labute approximate surface area is 60.2 Å². The van der Waals surface area contributed by atoms with Crippen molar-refractivity contribution in [2.24, 2.45) is 11.1 Å². The van der Waals surface area contributed by atoms with Gasteiger partial charge in [-0.3, -0.25) is 0 Å². The highest BCUT2D eigenvalue weighted by molar-refractivity contribution is 5.11. The number of hydrogen-bond donors (Lipinski definition) is 2. The predicted octanol–water partition coefficient (Wildman–Crippen LogP) is -0.513. The smallest absolute Gasteiger partial charge is 0.0818 e. The Balaban J connectivity index is 2.06. The molecule has 10 heavy (non-hydrogen) atoms. The molecule has 3 heteroatoms. The average Bonchev–Trinajstić information content (AvgIpc) is 2.40. The van der Waals surface area contributed by atoms with E-state index in [1.54, 1.807) is 0 Å². The standard InChI is InChI=1S/C7H13NO2/c8-3-7-1-6(2-7,4-9)5-10-7/h9H,1-5,8H2. The molecule has 0 aromatic rings. The highest BCUT2D eigenvalue weighted by Crippen LogP contribution is 2.56. The second kappa shape index (κ2) is 1.72. The Morgan fingerprint density at radius 2 is 2.20 bits per heavy atom. The van der Waals surface area contributed by atoms with Gasteiger partial charge in [0.25, 0.3) is 0 Å². The Kier molecular flexibility index (Phi) is 1.14. The van der Waals surface area contributed by atoms with Crippen LogP contribution in [0.4, 0.5) is 0 Å². The van der Waals surface area contributed by atoms with Gasteiger partial charge in [-0.1, -0.05) is 0 Å². The summed E-state index contributed by atoms with van der Waals surface area (Å²) < 4.78 is 5.47. The fourth-order valence-corrected chi connectivity index (χ4v) is 2.19. The highest BCUT2D eigenvalue weighted by Gasteiger charge is 2.61. The van der Waals surface area contributed by atoms with Gasteiger partial charge in [0.2, 0.25) is 0 Å². The van der Waals surface area contributed by atoms with Crippen molar-refractivity contribution in [1.82, 2.24) is 0 Å². The summed E-state index contributed by atoms with van der Waals surface area (Å²) in [4.78, 5) is 0. The summed E-state index contributed by atoms with van der Waals surface area (Å²) in [5, 5.41) is 8.95. The summed E-state index contributed by atoms with van der Waals surface area (Å²) in [6.45, 7) is 1.57. The van der Waals surface area contributed by atoms with Crippen LogP contribution in [0.2, 0.25) is 0 Å². The van der Waals surface area contributed by atoms with E-state index < -0.39 is 0 Å². The largest absolute Gasteiger partial charge is 0.396 e. The molecule has 58 valence electrons. The van der Waals surface area contributed by atoms with Gasteiger partial charge in [0.1, 0.15) is 0 Å². The van der Waals surface area contributed by atoms with Crippen molar-refractivity contribution in [2.75, 3.05) is 19.8 Å². The highest BCUT2D eigenvalue weighted by atomic mass is 16.5. The molecule has 3 fully saturated rings. The zero-order chi connectivity index (χ0) is 7.24. The molecular formula is C7H13NO2. The molecule has 0 spiro atoms. The van der Waals surface area contributed by atoms with Gasteiger partial charge < -0.3 is 15.6 Å². The SMILES string of the molecule is NCC12CC(CO)(CO1)C2. The van der Waals surface area contributed by atoms with E-state index in [4.69, 9.17) is 15.6 Å². The van der Waals surface area contributed by atoms with E-state index in [1.165, 1.54) is 0 Å². The maximum absolute atomic E-state index is 8.95. The second-order valence-corrected chi connectivity index (χ2v) is 3.69. The summed E-state index contributed by atoms with van der Waals surface area (Å²) in [6, 6.07) is 0. The van der Waals surface area contributed by atoms with Crippen molar-refractivity contribution in [3.8, 4) is 0 Å². The third-order valence-corrected chi connectivity index (χ3v) is 2.79. The first-order valence-corrected chi connectivity index (χ1v) is 3.69. The minimum atomic E-state index is -0.0390. The molecule has 3 rings (SSSR count). The van der Waals surface area contributed by atoms with E-state index in [0.29, 0.717) is 13.2 Å². The van der Waals surface area contributed by atoms with Crippen molar-refractivity contribution in [2.45, 2.75) is 18.4 Å². The first-order valence-electron chi connectivity index (χ1n) is 3.69. The van der Waals surface area contributed by atoms with Crippen LogP contribution in [0.5, 0.6) is 0 Å². The molecule has 0 amide bonds. The Hall–Kier alpha value is -0.120. The Bertz CT molecular complexity index is 136. The summed E-state index contributed by atoms with van der Waals surface area (Å²) in [6.07, 6.45) is 1.93. The monoisotopic (exact) mass is 143 g/mol. The van der Waals surface area contributed by atoms with Crippen molar-refractivity contribution < 1.29 is 9.84 Å². The van der Waals surface area contributed by atoms with Gasteiger partial charge in [0.15, 0.2) is 0 Å². The molecule has 1 aliphatic carbocycles. The summed E-state index contributed by atoms with van der Waals surface area (Å²) >= 11 is 0. The lowest BCUT2D eigenvalue weighted by molar-refractivity contribution is -0.0201. The zero-order valence-electron chi connectivity index (χ0n) is 5.97. The number of aliphatic hydroxyl groups excluding tert-OH is 1.